The molecule has 44 heavy (non-hydrogen) atoms. The maximum absolute atomic E-state index is 10.7. The minimum absolute atomic E-state index is 0.00360. The molecule has 1 saturated heterocycles. The van der Waals surface area contributed by atoms with Crippen molar-refractivity contribution in [3.05, 3.63) is 98.2 Å². The fourth-order valence-electron chi connectivity index (χ4n) is 5.94. The van der Waals surface area contributed by atoms with Crippen LogP contribution in [0.4, 0.5) is 17.1 Å². The predicted octanol–water partition coefficient (Wildman–Crippen LogP) is 8.37. The molecular formula is C34H45Cl2N4O3Ru-. The molecule has 0 aliphatic carbocycles. The molecule has 4 rings (SSSR count). The van der Waals surface area contributed by atoms with Crippen LogP contribution in [0.3, 0.4) is 0 Å². The monoisotopic (exact) mass is 729 g/mol. The first-order valence-electron chi connectivity index (χ1n) is 14.6. The Morgan fingerprint density at radius 1 is 0.977 bits per heavy atom. The number of likely N-dealkylation sites (N-methyl/N-ethyl adjacent to an activating group) is 1. The van der Waals surface area contributed by atoms with E-state index in [9.17, 15) is 10.1 Å². The van der Waals surface area contributed by atoms with Crippen molar-refractivity contribution < 1.29 is 23.2 Å². The third-order valence-corrected chi connectivity index (χ3v) is 9.04. The molecule has 3 aromatic rings. The molecule has 0 saturated carbocycles. The Hall–Kier alpha value is -2.51. The second-order valence-corrected chi connectivity index (χ2v) is 17.8. The number of nitrogens with zero attached hydrogens (tertiary/aromatic N) is 4. The number of non-ortho nitro benzene ring substituents is 1. The maximum Gasteiger partial charge on any atom is 0.0300 e. The van der Waals surface area contributed by atoms with E-state index in [1.54, 1.807) is 10.7 Å². The number of nitro benzene ring substituents is 1. The van der Waals surface area contributed by atoms with E-state index in [2.05, 4.69) is 101 Å². The first kappa shape index (κ1) is 36.0. The molecule has 0 aromatic heterocycles. The average molecular weight is 730 g/mol. The molecule has 7 nitrogen and oxygen atoms in total. The summed E-state index contributed by atoms with van der Waals surface area (Å²) in [5, 5.41) is 10.7. The summed E-state index contributed by atoms with van der Waals surface area (Å²) in [4.78, 5) is 17.5. The van der Waals surface area contributed by atoms with Crippen molar-refractivity contribution >= 4 is 41.1 Å². The van der Waals surface area contributed by atoms with Crippen molar-refractivity contribution in [2.75, 3.05) is 37.0 Å². The molecule has 0 spiro atoms. The van der Waals surface area contributed by atoms with Crippen LogP contribution in [-0.4, -0.2) is 53.8 Å². The molecule has 10 heteroatoms. The van der Waals surface area contributed by atoms with Crippen LogP contribution in [0.1, 0.15) is 52.8 Å². The maximum atomic E-state index is 10.7. The number of rotatable bonds is 8. The average Bonchev–Trinajstić information content (AvgIpc) is 3.25. The van der Waals surface area contributed by atoms with Gasteiger partial charge in [-0.25, -0.2) is 0 Å². The van der Waals surface area contributed by atoms with E-state index < -0.39 is 18.4 Å². The summed E-state index contributed by atoms with van der Waals surface area (Å²) in [7, 11) is 15.9. The number of hydrogen-bond acceptors (Lipinski definition) is 6. The smallest absolute Gasteiger partial charge is 0.0300 e. The molecule has 1 fully saturated rings. The van der Waals surface area contributed by atoms with Gasteiger partial charge in [-0.15, -0.1) is 0 Å². The second kappa shape index (κ2) is 15.7. The summed E-state index contributed by atoms with van der Waals surface area (Å²) in [6.07, 6.45) is -0.0186. The van der Waals surface area contributed by atoms with Crippen LogP contribution in [0.2, 0.25) is 0 Å². The van der Waals surface area contributed by atoms with Gasteiger partial charge >= 0.3 is 112 Å². The van der Waals surface area contributed by atoms with Crippen LogP contribution in [0.5, 0.6) is 5.75 Å². The summed E-state index contributed by atoms with van der Waals surface area (Å²) >= 11 is -2.05. The Morgan fingerprint density at radius 2 is 1.50 bits per heavy atom. The van der Waals surface area contributed by atoms with Gasteiger partial charge in [0, 0.05) is 30.5 Å². The molecule has 3 aromatic carbocycles. The number of nitro groups is 1. The second-order valence-electron chi connectivity index (χ2n) is 12.0. The number of halogens is 2. The molecular weight excluding hydrogens is 684 g/mol. The van der Waals surface area contributed by atoms with Crippen molar-refractivity contribution in [3.8, 4) is 5.75 Å². The Morgan fingerprint density at radius 3 is 1.95 bits per heavy atom. The van der Waals surface area contributed by atoms with Crippen LogP contribution in [0.25, 0.3) is 0 Å². The van der Waals surface area contributed by atoms with Gasteiger partial charge in [-0.1, -0.05) is 35.4 Å². The van der Waals surface area contributed by atoms with Crippen molar-refractivity contribution in [1.82, 2.24) is 4.90 Å². The Kier molecular flexibility index (Phi) is 12.8. The zero-order valence-electron chi connectivity index (χ0n) is 27.4. The summed E-state index contributed by atoms with van der Waals surface area (Å²) in [5.74, 6) is 0.561. The van der Waals surface area contributed by atoms with E-state index in [-0.39, 0.29) is 11.8 Å². The topological polar surface area (TPSA) is 62.1 Å². The number of benzene rings is 3. The number of hydrogen-bond donors (Lipinski definition) is 0. The van der Waals surface area contributed by atoms with Gasteiger partial charge in [0.1, 0.15) is 0 Å². The summed E-state index contributed by atoms with van der Waals surface area (Å²) in [6.45, 7) is 21.4. The van der Waals surface area contributed by atoms with Gasteiger partial charge in [0.05, 0.1) is 0 Å². The molecule has 1 aliphatic heterocycles. The molecule has 1 aliphatic rings. The van der Waals surface area contributed by atoms with Gasteiger partial charge < -0.3 is 14.7 Å². The molecule has 1 atom stereocenters. The molecule has 0 bridgehead atoms. The van der Waals surface area contributed by atoms with Gasteiger partial charge in [-0.2, -0.15) is 6.67 Å². The molecule has 0 radical (unpaired) electrons. The standard InChI is InChI=1S/C24H34N3.C10H11NO3.2ClH.Ru/c1-16-9-18(3)23(19(4)10-16)26-14-22(13-25(7)8)27(15-26)24-20(5)11-17(2)12-21(24)6;1-7(2)14-10-5-4-9(11(12)13)6-8(10)3;;;/h9-12,15,22H,13-14H2,1-8H3;3-7H,1-2H3;2*1H;/q-1;;;;+2/p-2. The van der Waals surface area contributed by atoms with Gasteiger partial charge in [-0.3, -0.25) is 0 Å². The normalized spacial score (nSPS) is 15.0. The van der Waals surface area contributed by atoms with Crippen molar-refractivity contribution in [2.24, 2.45) is 0 Å². The molecule has 1 unspecified atom stereocenters. The minimum Gasteiger partial charge on any atom is -0.501 e. The first-order valence-corrected chi connectivity index (χ1v) is 20.0. The Bertz CT molecular complexity index is 1480. The van der Waals surface area contributed by atoms with Crippen LogP contribution in [0.15, 0.2) is 42.5 Å². The molecule has 242 valence electrons. The van der Waals surface area contributed by atoms with E-state index in [4.69, 9.17) is 24.1 Å². The van der Waals surface area contributed by atoms with Crippen molar-refractivity contribution in [2.45, 2.75) is 67.5 Å². The number of anilines is 2. The third-order valence-electron chi connectivity index (χ3n) is 7.21. The Labute approximate surface area is 276 Å². The first-order chi connectivity index (χ1) is 20.6. The Balaban J connectivity index is 0.000000269. The van der Waals surface area contributed by atoms with Gasteiger partial charge in [0.2, 0.25) is 0 Å². The van der Waals surface area contributed by atoms with Gasteiger partial charge in [-0.05, 0) is 77.9 Å². The predicted molar refractivity (Wildman–Crippen MR) is 184 cm³/mol. The summed E-state index contributed by atoms with van der Waals surface area (Å²) < 4.78 is 7.17. The van der Waals surface area contributed by atoms with E-state index in [1.807, 2.05) is 13.8 Å². The zero-order chi connectivity index (χ0) is 32.9. The van der Waals surface area contributed by atoms with E-state index in [1.165, 1.54) is 56.9 Å². The van der Waals surface area contributed by atoms with Gasteiger partial charge in [0.15, 0.2) is 0 Å². The zero-order valence-corrected chi connectivity index (χ0v) is 30.6. The minimum atomic E-state index is -2.05. The fraction of sp³-hybridized carbons (Fsp3) is 0.412. The molecule has 0 N–H and O–H groups in total. The fourth-order valence-corrected chi connectivity index (χ4v) is 7.73. The van der Waals surface area contributed by atoms with Crippen molar-refractivity contribution in [3.63, 3.8) is 0 Å². The van der Waals surface area contributed by atoms with Gasteiger partial charge in [0.25, 0.3) is 0 Å². The van der Waals surface area contributed by atoms with Crippen LogP contribution < -0.4 is 14.5 Å². The number of aryl methyl sites for hydroxylation is 6. The SMILES string of the molecule is CC(C)Oc1ccc([N+](=O)[O-])cc1[CH]=[Ru]([Cl])[Cl].Cc1cc(C)c(N2[CH-]N(c3c(C)cc(C)cc3C)C(CN(C)C)C2)c(C)c1. The molecule has 0 amide bonds. The summed E-state index contributed by atoms with van der Waals surface area (Å²) in [6, 6.07) is 14.0. The van der Waals surface area contributed by atoms with Crippen LogP contribution in [-0.2, 0) is 13.5 Å². The van der Waals surface area contributed by atoms with Crippen LogP contribution >= 0.6 is 19.4 Å². The number of ether oxygens (including phenoxy) is 1. The third kappa shape index (κ3) is 9.50. The largest absolute Gasteiger partial charge is 0.501 e. The van der Waals surface area contributed by atoms with E-state index >= 15 is 0 Å². The summed E-state index contributed by atoms with van der Waals surface area (Å²) in [5.41, 5.74) is 11.4. The molecule has 1 heterocycles. The van der Waals surface area contributed by atoms with Crippen molar-refractivity contribution in [1.29, 1.82) is 0 Å². The quantitative estimate of drug-likeness (QED) is 0.101. The van der Waals surface area contributed by atoms with E-state index in [0.29, 0.717) is 17.4 Å². The van der Waals surface area contributed by atoms with Crippen LogP contribution in [0, 0.1) is 58.3 Å². The van der Waals surface area contributed by atoms with E-state index in [0.717, 1.165) is 13.1 Å².